The zero-order valence-electron chi connectivity index (χ0n) is 10.5. The number of hydrogen-bond donors (Lipinski definition) is 2. The monoisotopic (exact) mass is 255 g/mol. The zero-order chi connectivity index (χ0) is 13.1. The Bertz CT molecular complexity index is 396. The lowest BCUT2D eigenvalue weighted by atomic mass is 10.2. The van der Waals surface area contributed by atoms with Crippen molar-refractivity contribution in [3.8, 4) is 0 Å². The SMILES string of the molecule is CCN(CCNc1c(F)cc(N)cc1F)C1CC1. The first-order valence-electron chi connectivity index (χ1n) is 6.34. The van der Waals surface area contributed by atoms with Crippen LogP contribution in [0.4, 0.5) is 20.2 Å². The van der Waals surface area contributed by atoms with Crippen LogP contribution in [-0.4, -0.2) is 30.6 Å². The van der Waals surface area contributed by atoms with Gasteiger partial charge in [0.05, 0.1) is 0 Å². The number of benzene rings is 1. The van der Waals surface area contributed by atoms with Crippen LogP contribution >= 0.6 is 0 Å². The largest absolute Gasteiger partial charge is 0.399 e. The van der Waals surface area contributed by atoms with E-state index >= 15 is 0 Å². The minimum Gasteiger partial charge on any atom is -0.399 e. The van der Waals surface area contributed by atoms with Crippen LogP contribution < -0.4 is 11.1 Å². The molecule has 0 saturated heterocycles. The Morgan fingerprint density at radius 2 is 1.94 bits per heavy atom. The van der Waals surface area contributed by atoms with Crippen molar-refractivity contribution in [2.75, 3.05) is 30.7 Å². The second-order valence-electron chi connectivity index (χ2n) is 4.65. The molecule has 0 unspecified atom stereocenters. The maximum atomic E-state index is 13.5. The molecule has 1 aromatic carbocycles. The van der Waals surface area contributed by atoms with Crippen molar-refractivity contribution in [1.29, 1.82) is 0 Å². The van der Waals surface area contributed by atoms with E-state index in [0.717, 1.165) is 25.2 Å². The number of hydrogen-bond acceptors (Lipinski definition) is 3. The van der Waals surface area contributed by atoms with E-state index in [0.29, 0.717) is 12.6 Å². The minimum absolute atomic E-state index is 0.0870. The van der Waals surface area contributed by atoms with Gasteiger partial charge in [0.25, 0.3) is 0 Å². The van der Waals surface area contributed by atoms with Crippen molar-refractivity contribution < 1.29 is 8.78 Å². The standard InChI is InChI=1S/C13H19F2N3/c1-2-18(10-3-4-10)6-5-17-13-11(14)7-9(16)8-12(13)15/h7-8,10,17H,2-6,16H2,1H3. The van der Waals surface area contributed by atoms with Crippen molar-refractivity contribution in [2.24, 2.45) is 0 Å². The van der Waals surface area contributed by atoms with E-state index in [2.05, 4.69) is 17.1 Å². The van der Waals surface area contributed by atoms with Gasteiger partial charge < -0.3 is 11.1 Å². The molecule has 1 aromatic rings. The van der Waals surface area contributed by atoms with E-state index in [4.69, 9.17) is 5.73 Å². The molecular weight excluding hydrogens is 236 g/mol. The normalized spacial score (nSPS) is 15.1. The molecule has 0 bridgehead atoms. The molecule has 1 aliphatic rings. The average molecular weight is 255 g/mol. The van der Waals surface area contributed by atoms with Gasteiger partial charge >= 0.3 is 0 Å². The van der Waals surface area contributed by atoms with Crippen molar-refractivity contribution >= 4 is 11.4 Å². The average Bonchev–Trinajstić information content (AvgIpc) is 3.11. The molecular formula is C13H19F2N3. The molecule has 0 aliphatic heterocycles. The third kappa shape index (κ3) is 3.10. The Hall–Kier alpha value is -1.36. The van der Waals surface area contributed by atoms with Gasteiger partial charge in [-0.2, -0.15) is 0 Å². The molecule has 0 aromatic heterocycles. The lowest BCUT2D eigenvalue weighted by Crippen LogP contribution is -2.31. The summed E-state index contributed by atoms with van der Waals surface area (Å²) in [5.74, 6) is -1.27. The molecule has 100 valence electrons. The summed E-state index contributed by atoms with van der Waals surface area (Å²) in [5, 5.41) is 2.81. The quantitative estimate of drug-likeness (QED) is 0.767. The van der Waals surface area contributed by atoms with Gasteiger partial charge in [-0.3, -0.25) is 4.90 Å². The molecule has 18 heavy (non-hydrogen) atoms. The van der Waals surface area contributed by atoms with Crippen LogP contribution in [0.5, 0.6) is 0 Å². The maximum Gasteiger partial charge on any atom is 0.151 e. The Balaban J connectivity index is 1.89. The van der Waals surface area contributed by atoms with Crippen LogP contribution in [0, 0.1) is 11.6 Å². The third-order valence-electron chi connectivity index (χ3n) is 3.23. The van der Waals surface area contributed by atoms with Crippen molar-refractivity contribution in [3.63, 3.8) is 0 Å². The number of nitrogens with two attached hydrogens (primary N) is 1. The Morgan fingerprint density at radius 1 is 1.33 bits per heavy atom. The van der Waals surface area contributed by atoms with Crippen LogP contribution in [0.15, 0.2) is 12.1 Å². The Labute approximate surface area is 106 Å². The van der Waals surface area contributed by atoms with Crippen LogP contribution in [0.3, 0.4) is 0 Å². The number of rotatable bonds is 6. The van der Waals surface area contributed by atoms with Gasteiger partial charge in [-0.1, -0.05) is 6.92 Å². The van der Waals surface area contributed by atoms with E-state index in [1.807, 2.05) is 0 Å². The minimum atomic E-state index is -0.637. The summed E-state index contributed by atoms with van der Waals surface area (Å²) in [6.07, 6.45) is 2.47. The van der Waals surface area contributed by atoms with Gasteiger partial charge in [0, 0.05) is 24.8 Å². The predicted molar refractivity (Wildman–Crippen MR) is 69.5 cm³/mol. The van der Waals surface area contributed by atoms with Crippen molar-refractivity contribution in [1.82, 2.24) is 4.90 Å². The van der Waals surface area contributed by atoms with E-state index in [1.54, 1.807) is 0 Å². The number of likely N-dealkylation sites (N-methyl/N-ethyl adjacent to an activating group) is 1. The van der Waals surface area contributed by atoms with E-state index in [1.165, 1.54) is 12.8 Å². The van der Waals surface area contributed by atoms with Crippen LogP contribution in [0.2, 0.25) is 0 Å². The van der Waals surface area contributed by atoms with Gasteiger partial charge in [0.2, 0.25) is 0 Å². The third-order valence-corrected chi connectivity index (χ3v) is 3.23. The molecule has 0 spiro atoms. The number of anilines is 2. The molecule has 1 aliphatic carbocycles. The molecule has 3 nitrogen and oxygen atoms in total. The molecule has 2 rings (SSSR count). The fraction of sp³-hybridized carbons (Fsp3) is 0.538. The molecule has 0 heterocycles. The summed E-state index contributed by atoms with van der Waals surface area (Å²) in [6.45, 7) is 4.40. The van der Waals surface area contributed by atoms with Crippen LogP contribution in [0.25, 0.3) is 0 Å². The van der Waals surface area contributed by atoms with Gasteiger partial charge in [0.1, 0.15) is 5.69 Å². The van der Waals surface area contributed by atoms with Crippen molar-refractivity contribution in [3.05, 3.63) is 23.8 Å². The molecule has 1 fully saturated rings. The smallest absolute Gasteiger partial charge is 0.151 e. The van der Waals surface area contributed by atoms with E-state index in [-0.39, 0.29) is 11.4 Å². The number of nitrogens with zero attached hydrogens (tertiary/aromatic N) is 1. The molecule has 0 amide bonds. The predicted octanol–water partition coefficient (Wildman–Crippen LogP) is 2.44. The number of nitrogen functional groups attached to an aromatic ring is 1. The fourth-order valence-corrected chi connectivity index (χ4v) is 2.12. The number of nitrogens with one attached hydrogen (secondary N) is 1. The second-order valence-corrected chi connectivity index (χ2v) is 4.65. The first-order valence-corrected chi connectivity index (χ1v) is 6.34. The zero-order valence-corrected chi connectivity index (χ0v) is 10.5. The summed E-state index contributed by atoms with van der Waals surface area (Å²) in [5.41, 5.74) is 5.37. The number of halogens is 2. The maximum absolute atomic E-state index is 13.5. The summed E-state index contributed by atoms with van der Waals surface area (Å²) in [7, 11) is 0. The van der Waals surface area contributed by atoms with Crippen molar-refractivity contribution in [2.45, 2.75) is 25.8 Å². The van der Waals surface area contributed by atoms with E-state index in [9.17, 15) is 8.78 Å². The highest BCUT2D eigenvalue weighted by Gasteiger charge is 2.27. The van der Waals surface area contributed by atoms with Gasteiger partial charge in [-0.25, -0.2) is 8.78 Å². The Kier molecular flexibility index (Phi) is 4.01. The van der Waals surface area contributed by atoms with E-state index < -0.39 is 11.6 Å². The first-order chi connectivity index (χ1) is 8.61. The highest BCUT2D eigenvalue weighted by atomic mass is 19.1. The fourth-order valence-electron chi connectivity index (χ4n) is 2.12. The van der Waals surface area contributed by atoms with Crippen LogP contribution in [0.1, 0.15) is 19.8 Å². The molecule has 5 heteroatoms. The summed E-state index contributed by atoms with van der Waals surface area (Å²) < 4.78 is 27.0. The molecule has 3 N–H and O–H groups in total. The molecule has 0 radical (unpaired) electrons. The second kappa shape index (κ2) is 5.52. The van der Waals surface area contributed by atoms with Crippen LogP contribution in [-0.2, 0) is 0 Å². The summed E-state index contributed by atoms with van der Waals surface area (Å²) >= 11 is 0. The lowest BCUT2D eigenvalue weighted by Gasteiger charge is -2.20. The first kappa shape index (κ1) is 13.1. The molecule has 0 atom stereocenters. The highest BCUT2D eigenvalue weighted by Crippen LogP contribution is 2.26. The summed E-state index contributed by atoms with van der Waals surface area (Å²) in [4.78, 5) is 2.32. The molecule has 1 saturated carbocycles. The Morgan fingerprint density at radius 3 is 2.44 bits per heavy atom. The van der Waals surface area contributed by atoms with Gasteiger partial charge in [-0.05, 0) is 31.5 Å². The van der Waals surface area contributed by atoms with Gasteiger partial charge in [0.15, 0.2) is 11.6 Å². The summed E-state index contributed by atoms with van der Waals surface area (Å²) in [6, 6.07) is 2.92. The highest BCUT2D eigenvalue weighted by molar-refractivity contribution is 5.54. The van der Waals surface area contributed by atoms with Gasteiger partial charge in [-0.15, -0.1) is 0 Å². The lowest BCUT2D eigenvalue weighted by molar-refractivity contribution is 0.288. The topological polar surface area (TPSA) is 41.3 Å².